The van der Waals surface area contributed by atoms with E-state index in [-0.39, 0.29) is 17.2 Å². The standard InChI is InChI=1S/C17H25ClN2O2/c1-13(11-19-2)16(21)20-12-17(6-8-22-9-7-17)14-4-3-5-15(18)10-14/h3-5,10,13,19H,6-9,11-12H2,1-2H3,(H,20,21). The van der Waals surface area contributed by atoms with E-state index in [1.165, 1.54) is 5.56 Å². The Kier molecular flexibility index (Phi) is 6.24. The molecule has 5 heteroatoms. The number of carbonyl (C=O) groups is 1. The summed E-state index contributed by atoms with van der Waals surface area (Å²) in [5, 5.41) is 6.89. The summed E-state index contributed by atoms with van der Waals surface area (Å²) >= 11 is 6.15. The molecule has 1 fully saturated rings. The van der Waals surface area contributed by atoms with Gasteiger partial charge in [0, 0.05) is 42.7 Å². The van der Waals surface area contributed by atoms with Crippen LogP contribution in [0.15, 0.2) is 24.3 Å². The van der Waals surface area contributed by atoms with Crippen molar-refractivity contribution in [2.24, 2.45) is 5.92 Å². The second-order valence-electron chi connectivity index (χ2n) is 6.08. The Morgan fingerprint density at radius 1 is 1.41 bits per heavy atom. The number of carbonyl (C=O) groups excluding carboxylic acids is 1. The first kappa shape index (κ1) is 17.3. The molecule has 22 heavy (non-hydrogen) atoms. The highest BCUT2D eigenvalue weighted by atomic mass is 35.5. The van der Waals surface area contributed by atoms with E-state index in [0.29, 0.717) is 26.3 Å². The van der Waals surface area contributed by atoms with Crippen LogP contribution in [0, 0.1) is 5.92 Å². The molecule has 1 atom stereocenters. The van der Waals surface area contributed by atoms with Crippen molar-refractivity contribution < 1.29 is 9.53 Å². The summed E-state index contributed by atoms with van der Waals surface area (Å²) in [7, 11) is 1.86. The number of benzene rings is 1. The van der Waals surface area contributed by atoms with Gasteiger partial charge in [-0.3, -0.25) is 4.79 Å². The third-order valence-corrected chi connectivity index (χ3v) is 4.68. The first-order valence-electron chi connectivity index (χ1n) is 7.83. The van der Waals surface area contributed by atoms with Gasteiger partial charge in [-0.05, 0) is 37.6 Å². The molecule has 1 aliphatic rings. The molecule has 4 nitrogen and oxygen atoms in total. The lowest BCUT2D eigenvalue weighted by molar-refractivity contribution is -0.124. The zero-order chi connectivity index (χ0) is 16.0. The average Bonchev–Trinajstić information content (AvgIpc) is 2.53. The Hall–Kier alpha value is -1.10. The van der Waals surface area contributed by atoms with Crippen molar-refractivity contribution >= 4 is 17.5 Å². The summed E-state index contributed by atoms with van der Waals surface area (Å²) in [5.74, 6) is 0.0449. The summed E-state index contributed by atoms with van der Waals surface area (Å²) in [6.45, 7) is 4.67. The highest BCUT2D eigenvalue weighted by Gasteiger charge is 2.35. The van der Waals surface area contributed by atoms with Gasteiger partial charge in [0.15, 0.2) is 0 Å². The summed E-state index contributed by atoms with van der Waals surface area (Å²) in [5.41, 5.74) is 1.10. The number of rotatable bonds is 6. The Balaban J connectivity index is 2.11. The van der Waals surface area contributed by atoms with Gasteiger partial charge < -0.3 is 15.4 Å². The normalized spacial score (nSPS) is 18.7. The quantitative estimate of drug-likeness (QED) is 0.844. The Bertz CT molecular complexity index is 501. The average molecular weight is 325 g/mol. The largest absolute Gasteiger partial charge is 0.381 e. The molecule has 1 unspecified atom stereocenters. The fraction of sp³-hybridized carbons (Fsp3) is 0.588. The maximum absolute atomic E-state index is 12.2. The SMILES string of the molecule is CNCC(C)C(=O)NCC1(c2cccc(Cl)c2)CCOCC1. The molecule has 0 bridgehead atoms. The van der Waals surface area contributed by atoms with Crippen molar-refractivity contribution in [2.45, 2.75) is 25.2 Å². The first-order valence-corrected chi connectivity index (χ1v) is 8.21. The van der Waals surface area contributed by atoms with Gasteiger partial charge in [0.05, 0.1) is 0 Å². The number of nitrogens with one attached hydrogen (secondary N) is 2. The maximum Gasteiger partial charge on any atom is 0.224 e. The molecule has 122 valence electrons. The fourth-order valence-corrected chi connectivity index (χ4v) is 3.17. The van der Waals surface area contributed by atoms with E-state index in [0.717, 1.165) is 17.9 Å². The van der Waals surface area contributed by atoms with Crippen LogP contribution in [-0.2, 0) is 14.9 Å². The molecule has 2 rings (SSSR count). The number of hydrogen-bond donors (Lipinski definition) is 2. The lowest BCUT2D eigenvalue weighted by Gasteiger charge is -2.38. The van der Waals surface area contributed by atoms with Gasteiger partial charge in [0.2, 0.25) is 5.91 Å². The minimum absolute atomic E-state index is 0.0405. The Morgan fingerprint density at radius 2 is 2.14 bits per heavy atom. The molecule has 1 aromatic rings. The zero-order valence-electron chi connectivity index (χ0n) is 13.3. The molecule has 2 N–H and O–H groups in total. The van der Waals surface area contributed by atoms with Crippen LogP contribution in [0.3, 0.4) is 0 Å². The van der Waals surface area contributed by atoms with Crippen LogP contribution < -0.4 is 10.6 Å². The van der Waals surface area contributed by atoms with Crippen LogP contribution in [0.1, 0.15) is 25.3 Å². The molecule has 0 aliphatic carbocycles. The van der Waals surface area contributed by atoms with Gasteiger partial charge in [-0.25, -0.2) is 0 Å². The number of halogens is 1. The molecule has 0 aromatic heterocycles. The third kappa shape index (κ3) is 4.22. The van der Waals surface area contributed by atoms with Crippen molar-refractivity contribution in [1.82, 2.24) is 10.6 Å². The molecular weight excluding hydrogens is 300 g/mol. The zero-order valence-corrected chi connectivity index (χ0v) is 14.1. The van der Waals surface area contributed by atoms with E-state index in [4.69, 9.17) is 16.3 Å². The lowest BCUT2D eigenvalue weighted by atomic mass is 9.74. The molecule has 0 spiro atoms. The van der Waals surface area contributed by atoms with E-state index in [1.54, 1.807) is 0 Å². The predicted molar refractivity (Wildman–Crippen MR) is 89.3 cm³/mol. The molecule has 1 saturated heterocycles. The molecule has 1 heterocycles. The molecule has 1 aliphatic heterocycles. The molecule has 0 radical (unpaired) electrons. The summed E-state index contributed by atoms with van der Waals surface area (Å²) in [6, 6.07) is 7.96. The van der Waals surface area contributed by atoms with E-state index in [2.05, 4.69) is 16.7 Å². The van der Waals surface area contributed by atoms with E-state index >= 15 is 0 Å². The number of ether oxygens (including phenoxy) is 1. The van der Waals surface area contributed by atoms with E-state index in [9.17, 15) is 4.79 Å². The van der Waals surface area contributed by atoms with Gasteiger partial charge in [-0.15, -0.1) is 0 Å². The molecule has 1 aromatic carbocycles. The summed E-state index contributed by atoms with van der Waals surface area (Å²) < 4.78 is 5.51. The van der Waals surface area contributed by atoms with Crippen molar-refractivity contribution in [1.29, 1.82) is 0 Å². The number of hydrogen-bond acceptors (Lipinski definition) is 3. The topological polar surface area (TPSA) is 50.4 Å². The molecule has 0 saturated carbocycles. The van der Waals surface area contributed by atoms with Gasteiger partial charge >= 0.3 is 0 Å². The van der Waals surface area contributed by atoms with Crippen LogP contribution in [-0.4, -0.2) is 39.3 Å². The highest BCUT2D eigenvalue weighted by Crippen LogP contribution is 2.35. The van der Waals surface area contributed by atoms with Crippen molar-refractivity contribution in [3.63, 3.8) is 0 Å². The van der Waals surface area contributed by atoms with Crippen LogP contribution in [0.25, 0.3) is 0 Å². The first-order chi connectivity index (χ1) is 10.6. The molecular formula is C17H25ClN2O2. The van der Waals surface area contributed by atoms with Crippen LogP contribution in [0.5, 0.6) is 0 Å². The minimum atomic E-state index is -0.0851. The van der Waals surface area contributed by atoms with Gasteiger partial charge in [0.1, 0.15) is 0 Å². The fourth-order valence-electron chi connectivity index (χ4n) is 2.98. The Labute approximate surface area is 137 Å². The van der Waals surface area contributed by atoms with Crippen molar-refractivity contribution in [2.75, 3.05) is 33.4 Å². The van der Waals surface area contributed by atoms with Gasteiger partial charge in [-0.1, -0.05) is 30.7 Å². The van der Waals surface area contributed by atoms with Crippen LogP contribution >= 0.6 is 11.6 Å². The summed E-state index contributed by atoms with van der Waals surface area (Å²) in [4.78, 5) is 12.2. The second-order valence-corrected chi connectivity index (χ2v) is 6.52. The Morgan fingerprint density at radius 3 is 2.77 bits per heavy atom. The van der Waals surface area contributed by atoms with Crippen molar-refractivity contribution in [3.8, 4) is 0 Å². The van der Waals surface area contributed by atoms with Crippen molar-refractivity contribution in [3.05, 3.63) is 34.9 Å². The smallest absolute Gasteiger partial charge is 0.224 e. The maximum atomic E-state index is 12.2. The monoisotopic (exact) mass is 324 g/mol. The van der Waals surface area contributed by atoms with Crippen LogP contribution in [0.2, 0.25) is 5.02 Å². The second kappa shape index (κ2) is 7.95. The lowest BCUT2D eigenvalue weighted by Crippen LogP contribution is -2.46. The van der Waals surface area contributed by atoms with E-state index < -0.39 is 0 Å². The van der Waals surface area contributed by atoms with Gasteiger partial charge in [0.25, 0.3) is 0 Å². The summed E-state index contributed by atoms with van der Waals surface area (Å²) in [6.07, 6.45) is 1.79. The van der Waals surface area contributed by atoms with E-state index in [1.807, 2.05) is 32.2 Å². The number of amides is 1. The highest BCUT2D eigenvalue weighted by molar-refractivity contribution is 6.30. The van der Waals surface area contributed by atoms with Crippen LogP contribution in [0.4, 0.5) is 0 Å². The van der Waals surface area contributed by atoms with Gasteiger partial charge in [-0.2, -0.15) is 0 Å². The third-order valence-electron chi connectivity index (χ3n) is 4.45. The predicted octanol–water partition coefficient (Wildman–Crippen LogP) is 2.36. The molecule has 1 amide bonds. The minimum Gasteiger partial charge on any atom is -0.381 e.